The maximum absolute atomic E-state index is 5.75. The third-order valence-electron chi connectivity index (χ3n) is 3.07. The number of pyridine rings is 1. The maximum Gasteiger partial charge on any atom is 0.215 e. The van der Waals surface area contributed by atoms with Crippen LogP contribution in [-0.4, -0.2) is 14.5 Å². The number of benzene rings is 1. The molecule has 2 aromatic heterocycles. The van der Waals surface area contributed by atoms with Crippen LogP contribution in [0, 0.1) is 6.92 Å². The van der Waals surface area contributed by atoms with Crippen LogP contribution in [0.1, 0.15) is 11.1 Å². The lowest BCUT2D eigenvalue weighted by Crippen LogP contribution is -1.99. The number of rotatable bonds is 3. The van der Waals surface area contributed by atoms with Crippen LogP contribution in [0.4, 0.5) is 0 Å². The van der Waals surface area contributed by atoms with E-state index in [4.69, 9.17) is 4.74 Å². The lowest BCUT2D eigenvalue weighted by Gasteiger charge is -2.07. The van der Waals surface area contributed by atoms with Gasteiger partial charge >= 0.3 is 0 Å². The molecule has 3 rings (SSSR count). The first-order valence-corrected chi connectivity index (χ1v) is 6.19. The Morgan fingerprint density at radius 3 is 2.79 bits per heavy atom. The Morgan fingerprint density at radius 2 is 2.00 bits per heavy atom. The van der Waals surface area contributed by atoms with Crippen molar-refractivity contribution < 1.29 is 4.74 Å². The molecule has 4 heteroatoms. The first-order chi connectivity index (χ1) is 9.24. The minimum atomic E-state index is 0.524. The molecule has 2 heterocycles. The van der Waals surface area contributed by atoms with Crippen LogP contribution in [0.3, 0.4) is 0 Å². The number of aryl methyl sites for hydroxylation is 2. The zero-order chi connectivity index (χ0) is 13.2. The molecule has 0 radical (unpaired) electrons. The van der Waals surface area contributed by atoms with Gasteiger partial charge in [0.15, 0.2) is 5.65 Å². The van der Waals surface area contributed by atoms with Gasteiger partial charge < -0.3 is 9.30 Å². The number of aromatic nitrogens is 3. The van der Waals surface area contributed by atoms with E-state index >= 15 is 0 Å². The second-order valence-corrected chi connectivity index (χ2v) is 4.58. The Morgan fingerprint density at radius 1 is 1.21 bits per heavy atom. The molecule has 0 saturated heterocycles. The van der Waals surface area contributed by atoms with Gasteiger partial charge in [-0.3, -0.25) is 0 Å². The summed E-state index contributed by atoms with van der Waals surface area (Å²) in [5, 5.41) is 0. The first-order valence-electron chi connectivity index (χ1n) is 6.19. The zero-order valence-electron chi connectivity index (χ0n) is 11.0. The normalized spacial score (nSPS) is 10.8. The zero-order valence-corrected chi connectivity index (χ0v) is 11.0. The Bertz CT molecular complexity index is 704. The standard InChI is InChI=1S/C15H15N3O/c1-11-8-13(17-15-14(11)16-10-18(15)2)19-9-12-6-4-3-5-7-12/h3-8,10H,9H2,1-2H3. The van der Waals surface area contributed by atoms with Gasteiger partial charge in [-0.2, -0.15) is 4.98 Å². The quantitative estimate of drug-likeness (QED) is 0.720. The Kier molecular flexibility index (Phi) is 2.91. The Balaban J connectivity index is 1.87. The monoisotopic (exact) mass is 253 g/mol. The second kappa shape index (κ2) is 4.72. The van der Waals surface area contributed by atoms with Crippen LogP contribution >= 0.6 is 0 Å². The summed E-state index contributed by atoms with van der Waals surface area (Å²) >= 11 is 0. The summed E-state index contributed by atoms with van der Waals surface area (Å²) in [5.74, 6) is 0.637. The van der Waals surface area contributed by atoms with Gasteiger partial charge in [0.1, 0.15) is 12.1 Å². The van der Waals surface area contributed by atoms with Crippen molar-refractivity contribution >= 4 is 11.2 Å². The van der Waals surface area contributed by atoms with Crippen molar-refractivity contribution in [3.63, 3.8) is 0 Å². The van der Waals surface area contributed by atoms with Gasteiger partial charge in [0.25, 0.3) is 0 Å². The summed E-state index contributed by atoms with van der Waals surface area (Å²) in [6.45, 7) is 2.54. The number of hydrogen-bond acceptors (Lipinski definition) is 3. The smallest absolute Gasteiger partial charge is 0.215 e. The van der Waals surface area contributed by atoms with Crippen molar-refractivity contribution in [1.29, 1.82) is 0 Å². The average Bonchev–Trinajstić information content (AvgIpc) is 2.80. The molecule has 3 aromatic rings. The molecule has 0 unspecified atom stereocenters. The van der Waals surface area contributed by atoms with Crippen LogP contribution in [0.2, 0.25) is 0 Å². The molecule has 0 aliphatic carbocycles. The highest BCUT2D eigenvalue weighted by molar-refractivity contribution is 5.75. The fourth-order valence-electron chi connectivity index (χ4n) is 2.03. The van der Waals surface area contributed by atoms with Gasteiger partial charge in [-0.15, -0.1) is 0 Å². The van der Waals surface area contributed by atoms with Gasteiger partial charge in [0, 0.05) is 13.1 Å². The molecule has 1 aromatic carbocycles. The Labute approximate surface area is 111 Å². The summed E-state index contributed by atoms with van der Waals surface area (Å²) in [4.78, 5) is 8.81. The van der Waals surface area contributed by atoms with Crippen LogP contribution in [0.25, 0.3) is 11.2 Å². The van der Waals surface area contributed by atoms with Crippen LogP contribution < -0.4 is 4.74 Å². The lowest BCUT2D eigenvalue weighted by molar-refractivity contribution is 0.294. The highest BCUT2D eigenvalue weighted by Crippen LogP contribution is 2.20. The summed E-state index contributed by atoms with van der Waals surface area (Å²) in [6.07, 6.45) is 1.77. The van der Waals surface area contributed by atoms with Gasteiger partial charge in [-0.25, -0.2) is 4.98 Å². The van der Waals surface area contributed by atoms with Crippen LogP contribution in [0.15, 0.2) is 42.7 Å². The topological polar surface area (TPSA) is 39.9 Å². The van der Waals surface area contributed by atoms with E-state index in [0.717, 1.165) is 22.3 Å². The number of nitrogens with zero attached hydrogens (tertiary/aromatic N) is 3. The lowest BCUT2D eigenvalue weighted by atomic mass is 10.2. The Hall–Kier alpha value is -2.36. The molecular formula is C15H15N3O. The largest absolute Gasteiger partial charge is 0.473 e. The van der Waals surface area contributed by atoms with Gasteiger partial charge in [-0.1, -0.05) is 30.3 Å². The van der Waals surface area contributed by atoms with E-state index in [1.807, 2.05) is 54.9 Å². The maximum atomic E-state index is 5.75. The van der Waals surface area contributed by atoms with E-state index in [9.17, 15) is 0 Å². The summed E-state index contributed by atoms with van der Waals surface area (Å²) in [5.41, 5.74) is 3.98. The van der Waals surface area contributed by atoms with Crippen LogP contribution in [0.5, 0.6) is 5.88 Å². The van der Waals surface area contributed by atoms with Crippen molar-refractivity contribution in [1.82, 2.24) is 14.5 Å². The number of imidazole rings is 1. The fourth-order valence-corrected chi connectivity index (χ4v) is 2.03. The van der Waals surface area contributed by atoms with Gasteiger partial charge in [0.05, 0.1) is 6.33 Å². The predicted octanol–water partition coefficient (Wildman–Crippen LogP) is 2.86. The number of hydrogen-bond donors (Lipinski definition) is 0. The van der Waals surface area contributed by atoms with E-state index in [-0.39, 0.29) is 0 Å². The summed E-state index contributed by atoms with van der Waals surface area (Å²) in [6, 6.07) is 12.0. The second-order valence-electron chi connectivity index (χ2n) is 4.58. The van der Waals surface area contributed by atoms with Crippen molar-refractivity contribution in [2.45, 2.75) is 13.5 Å². The average molecular weight is 253 g/mol. The summed E-state index contributed by atoms with van der Waals surface area (Å²) < 4.78 is 7.65. The van der Waals surface area contributed by atoms with E-state index in [1.54, 1.807) is 6.33 Å². The molecule has 0 aliphatic rings. The molecule has 0 amide bonds. The molecular weight excluding hydrogens is 238 g/mol. The molecule has 19 heavy (non-hydrogen) atoms. The molecule has 0 saturated carbocycles. The molecule has 0 N–H and O–H groups in total. The first kappa shape index (κ1) is 11.7. The van der Waals surface area contributed by atoms with E-state index < -0.39 is 0 Å². The molecule has 0 atom stereocenters. The highest BCUT2D eigenvalue weighted by Gasteiger charge is 2.08. The van der Waals surface area contributed by atoms with Crippen LogP contribution in [-0.2, 0) is 13.7 Å². The van der Waals surface area contributed by atoms with Crippen molar-refractivity contribution in [2.24, 2.45) is 7.05 Å². The van der Waals surface area contributed by atoms with E-state index in [0.29, 0.717) is 12.5 Å². The van der Waals surface area contributed by atoms with Crippen molar-refractivity contribution in [3.8, 4) is 5.88 Å². The third-order valence-corrected chi connectivity index (χ3v) is 3.07. The minimum Gasteiger partial charge on any atom is -0.473 e. The summed E-state index contributed by atoms with van der Waals surface area (Å²) in [7, 11) is 1.93. The van der Waals surface area contributed by atoms with Crippen molar-refractivity contribution in [2.75, 3.05) is 0 Å². The van der Waals surface area contributed by atoms with E-state index in [1.165, 1.54) is 0 Å². The third kappa shape index (κ3) is 2.29. The number of fused-ring (bicyclic) bond motifs is 1. The van der Waals surface area contributed by atoms with Crippen molar-refractivity contribution in [3.05, 3.63) is 53.9 Å². The fraction of sp³-hybridized carbons (Fsp3) is 0.200. The minimum absolute atomic E-state index is 0.524. The SMILES string of the molecule is Cc1cc(OCc2ccccc2)nc2c1ncn2C. The number of ether oxygens (including phenoxy) is 1. The molecule has 4 nitrogen and oxygen atoms in total. The molecule has 0 spiro atoms. The highest BCUT2D eigenvalue weighted by atomic mass is 16.5. The predicted molar refractivity (Wildman–Crippen MR) is 74.0 cm³/mol. The van der Waals surface area contributed by atoms with Gasteiger partial charge in [-0.05, 0) is 18.1 Å². The molecule has 0 aliphatic heterocycles. The molecule has 96 valence electrons. The molecule has 0 fully saturated rings. The molecule has 0 bridgehead atoms. The van der Waals surface area contributed by atoms with E-state index in [2.05, 4.69) is 9.97 Å². The van der Waals surface area contributed by atoms with Gasteiger partial charge in [0.2, 0.25) is 5.88 Å².